The Labute approximate surface area is 171 Å². The molecule has 0 radical (unpaired) electrons. The predicted molar refractivity (Wildman–Crippen MR) is 109 cm³/mol. The molecule has 0 spiro atoms. The summed E-state index contributed by atoms with van der Waals surface area (Å²) < 4.78 is 29.4. The highest BCUT2D eigenvalue weighted by Gasteiger charge is 2.51. The molecule has 2 bridgehead atoms. The van der Waals surface area contributed by atoms with Gasteiger partial charge in [-0.3, -0.25) is 4.79 Å². The molecule has 4 rings (SSSR count). The van der Waals surface area contributed by atoms with E-state index in [0.717, 1.165) is 28.1 Å². The van der Waals surface area contributed by atoms with Crippen molar-refractivity contribution < 1.29 is 28.3 Å². The fraction of sp³-hybridized carbons (Fsp3) is 0.409. The Morgan fingerprint density at radius 1 is 1.14 bits per heavy atom. The quantitative estimate of drug-likeness (QED) is 0.553. The predicted octanol–water partition coefficient (Wildman–Crippen LogP) is 2.83. The Kier molecular flexibility index (Phi) is 5.52. The second-order valence-corrected chi connectivity index (χ2v) is 7.50. The SMILES string of the molecule is COc1ccc(OC)c2c1C[C@@]1(CCOC(C)=O)C[C@@H]2OB(c2ccccc2)O1. The van der Waals surface area contributed by atoms with E-state index in [1.54, 1.807) is 14.2 Å². The Bertz CT molecular complexity index is 886. The minimum absolute atomic E-state index is 0.208. The number of benzene rings is 2. The van der Waals surface area contributed by atoms with Crippen LogP contribution in [0.5, 0.6) is 11.5 Å². The van der Waals surface area contributed by atoms with Crippen molar-refractivity contribution in [1.82, 2.24) is 0 Å². The second-order valence-electron chi connectivity index (χ2n) is 7.50. The molecule has 1 aliphatic carbocycles. The topological polar surface area (TPSA) is 63.2 Å². The molecule has 1 aliphatic heterocycles. The van der Waals surface area contributed by atoms with Crippen molar-refractivity contribution in [2.75, 3.05) is 20.8 Å². The van der Waals surface area contributed by atoms with Crippen molar-refractivity contribution in [2.45, 2.75) is 37.9 Å². The number of carbonyl (C=O) groups excluding carboxylic acids is 1. The number of rotatable bonds is 6. The first-order chi connectivity index (χ1) is 14.0. The molecule has 0 N–H and O–H groups in total. The number of carbonyl (C=O) groups is 1. The number of esters is 1. The number of methoxy groups -OCH3 is 2. The van der Waals surface area contributed by atoms with Gasteiger partial charge in [-0.15, -0.1) is 0 Å². The maximum absolute atomic E-state index is 11.3. The van der Waals surface area contributed by atoms with Crippen LogP contribution < -0.4 is 14.9 Å². The van der Waals surface area contributed by atoms with E-state index in [2.05, 4.69) is 0 Å². The lowest BCUT2D eigenvalue weighted by Crippen LogP contribution is -2.56. The van der Waals surface area contributed by atoms with E-state index < -0.39 is 12.7 Å². The number of hydrogen-bond acceptors (Lipinski definition) is 6. The van der Waals surface area contributed by atoms with E-state index in [1.807, 2.05) is 42.5 Å². The van der Waals surface area contributed by atoms with Gasteiger partial charge >= 0.3 is 13.1 Å². The second kappa shape index (κ2) is 8.09. The average Bonchev–Trinajstić information content (AvgIpc) is 2.73. The van der Waals surface area contributed by atoms with Crippen molar-refractivity contribution in [3.8, 4) is 11.5 Å². The zero-order chi connectivity index (χ0) is 20.4. The molecule has 0 amide bonds. The van der Waals surface area contributed by atoms with Crippen LogP contribution in [0.2, 0.25) is 0 Å². The lowest BCUT2D eigenvalue weighted by Gasteiger charge is -2.48. The molecule has 2 atom stereocenters. The van der Waals surface area contributed by atoms with E-state index in [4.69, 9.17) is 23.5 Å². The zero-order valence-corrected chi connectivity index (χ0v) is 17.0. The van der Waals surface area contributed by atoms with Gasteiger partial charge in [-0.05, 0) is 17.6 Å². The third kappa shape index (κ3) is 3.85. The third-order valence-electron chi connectivity index (χ3n) is 5.67. The first-order valence-electron chi connectivity index (χ1n) is 9.80. The molecular weight excluding hydrogens is 371 g/mol. The van der Waals surface area contributed by atoms with Gasteiger partial charge < -0.3 is 23.5 Å². The fourth-order valence-corrected chi connectivity index (χ4v) is 4.36. The summed E-state index contributed by atoms with van der Waals surface area (Å²) in [6, 6.07) is 13.7. The molecule has 0 aromatic heterocycles. The van der Waals surface area contributed by atoms with Gasteiger partial charge in [0.15, 0.2) is 0 Å². The summed E-state index contributed by atoms with van der Waals surface area (Å²) in [4.78, 5) is 11.3. The highest BCUT2D eigenvalue weighted by atomic mass is 16.6. The molecule has 1 saturated heterocycles. The number of fused-ring (bicyclic) bond motifs is 4. The molecular formula is C22H25BO6. The van der Waals surface area contributed by atoms with Crippen molar-refractivity contribution in [2.24, 2.45) is 0 Å². The van der Waals surface area contributed by atoms with Gasteiger partial charge in [0.05, 0.1) is 32.5 Å². The summed E-state index contributed by atoms with van der Waals surface area (Å²) in [5, 5.41) is 0. The molecule has 29 heavy (non-hydrogen) atoms. The molecule has 0 unspecified atom stereocenters. The summed E-state index contributed by atoms with van der Waals surface area (Å²) in [6.45, 7) is 1.72. The first kappa shape index (κ1) is 19.8. The van der Waals surface area contributed by atoms with Gasteiger partial charge in [0.25, 0.3) is 0 Å². The van der Waals surface area contributed by atoms with Crippen LogP contribution in [0.25, 0.3) is 0 Å². The standard InChI is InChI=1S/C22H25BO6/c1-15(24)27-12-11-22-13-17-18(25-2)9-10-19(26-3)21(17)20(14-22)28-23(29-22)16-7-5-4-6-8-16/h4-10,20H,11-14H2,1-3H3/t20-,22-/m0/s1. The van der Waals surface area contributed by atoms with Gasteiger partial charge in [0.2, 0.25) is 0 Å². The van der Waals surface area contributed by atoms with Crippen LogP contribution in [0.3, 0.4) is 0 Å². The Hall–Kier alpha value is -2.51. The number of hydrogen-bond donors (Lipinski definition) is 0. The van der Waals surface area contributed by atoms with Gasteiger partial charge in [-0.2, -0.15) is 0 Å². The molecule has 2 aromatic rings. The summed E-state index contributed by atoms with van der Waals surface area (Å²) >= 11 is 0. The van der Waals surface area contributed by atoms with Crippen LogP contribution in [0.4, 0.5) is 0 Å². The van der Waals surface area contributed by atoms with Crippen LogP contribution in [-0.2, 0) is 25.3 Å². The molecule has 152 valence electrons. The van der Waals surface area contributed by atoms with Gasteiger partial charge in [-0.25, -0.2) is 0 Å². The van der Waals surface area contributed by atoms with Crippen LogP contribution >= 0.6 is 0 Å². The lowest BCUT2D eigenvalue weighted by molar-refractivity contribution is -0.143. The highest BCUT2D eigenvalue weighted by Crippen LogP contribution is 2.51. The molecule has 6 nitrogen and oxygen atoms in total. The third-order valence-corrected chi connectivity index (χ3v) is 5.67. The van der Waals surface area contributed by atoms with E-state index in [9.17, 15) is 4.79 Å². The molecule has 7 heteroatoms. The van der Waals surface area contributed by atoms with Crippen LogP contribution in [0, 0.1) is 0 Å². The van der Waals surface area contributed by atoms with Crippen molar-refractivity contribution in [3.05, 3.63) is 53.6 Å². The van der Waals surface area contributed by atoms with Crippen molar-refractivity contribution in [1.29, 1.82) is 0 Å². The van der Waals surface area contributed by atoms with Gasteiger partial charge in [0, 0.05) is 37.3 Å². The van der Waals surface area contributed by atoms with E-state index in [1.165, 1.54) is 6.92 Å². The highest BCUT2D eigenvalue weighted by molar-refractivity contribution is 6.61. The number of ether oxygens (including phenoxy) is 3. The Morgan fingerprint density at radius 2 is 1.86 bits per heavy atom. The molecule has 1 fully saturated rings. The van der Waals surface area contributed by atoms with Gasteiger partial charge in [0.1, 0.15) is 11.5 Å². The fourth-order valence-electron chi connectivity index (χ4n) is 4.36. The summed E-state index contributed by atoms with van der Waals surface area (Å²) in [6.07, 6.45) is 1.66. The van der Waals surface area contributed by atoms with Gasteiger partial charge in [-0.1, -0.05) is 30.3 Å². The summed E-state index contributed by atoms with van der Waals surface area (Å²) in [5.74, 6) is 1.28. The molecule has 2 aromatic carbocycles. The Balaban J connectivity index is 1.75. The summed E-state index contributed by atoms with van der Waals surface area (Å²) in [7, 11) is 2.82. The first-order valence-corrected chi connectivity index (χ1v) is 9.80. The minimum Gasteiger partial charge on any atom is -0.496 e. The summed E-state index contributed by atoms with van der Waals surface area (Å²) in [5.41, 5.74) is 2.47. The normalized spacial score (nSPS) is 22.6. The van der Waals surface area contributed by atoms with Crippen molar-refractivity contribution >= 4 is 18.6 Å². The largest absolute Gasteiger partial charge is 0.496 e. The molecule has 1 heterocycles. The monoisotopic (exact) mass is 396 g/mol. The minimum atomic E-state index is -0.522. The van der Waals surface area contributed by atoms with Crippen LogP contribution in [-0.4, -0.2) is 39.5 Å². The van der Waals surface area contributed by atoms with Crippen LogP contribution in [0.15, 0.2) is 42.5 Å². The smallest absolute Gasteiger partial charge is 0.494 e. The van der Waals surface area contributed by atoms with Crippen LogP contribution in [0.1, 0.15) is 37.0 Å². The Morgan fingerprint density at radius 3 is 2.55 bits per heavy atom. The zero-order valence-electron chi connectivity index (χ0n) is 17.0. The van der Waals surface area contributed by atoms with E-state index in [-0.39, 0.29) is 12.1 Å². The lowest BCUT2D eigenvalue weighted by atomic mass is 9.68. The maximum atomic E-state index is 11.3. The van der Waals surface area contributed by atoms with E-state index in [0.29, 0.717) is 25.9 Å². The molecule has 2 aliphatic rings. The van der Waals surface area contributed by atoms with E-state index >= 15 is 0 Å². The molecule has 0 saturated carbocycles. The average molecular weight is 396 g/mol. The van der Waals surface area contributed by atoms with Crippen molar-refractivity contribution in [3.63, 3.8) is 0 Å². The maximum Gasteiger partial charge on any atom is 0.494 e.